The molecule has 2 aromatic carbocycles. The minimum Gasteiger partial charge on any atom is -0.504 e. The Kier molecular flexibility index (Phi) is 4.14. The molecule has 0 radical (unpaired) electrons. The molecule has 3 rings (SSSR count). The Morgan fingerprint density at radius 3 is 2.28 bits per heavy atom. The van der Waals surface area contributed by atoms with E-state index >= 15 is 0 Å². The molecule has 0 aliphatic carbocycles. The standard InChI is InChI=1S/C18H16O7/c1-22-14-8-12-15(18(24-3)17(14)23-2)16(21)13(25-12)7-9-4-5-10(19)11(20)6-9/h4-8,19-20H,1-3H3/b13-7-. The van der Waals surface area contributed by atoms with Crippen LogP contribution in [0.1, 0.15) is 15.9 Å². The van der Waals surface area contributed by atoms with Crippen molar-refractivity contribution in [3.05, 3.63) is 41.2 Å². The second-order valence-corrected chi connectivity index (χ2v) is 5.21. The van der Waals surface area contributed by atoms with Crippen molar-refractivity contribution in [3.63, 3.8) is 0 Å². The molecule has 0 atom stereocenters. The third-order valence-electron chi connectivity index (χ3n) is 3.76. The van der Waals surface area contributed by atoms with E-state index in [2.05, 4.69) is 0 Å². The Hall–Kier alpha value is -3.35. The average Bonchev–Trinajstić information content (AvgIpc) is 2.92. The minimum absolute atomic E-state index is 0.0497. The first kappa shape index (κ1) is 16.5. The van der Waals surface area contributed by atoms with Crippen LogP contribution in [-0.2, 0) is 0 Å². The molecule has 0 saturated carbocycles. The molecule has 7 nitrogen and oxygen atoms in total. The number of rotatable bonds is 4. The molecule has 2 aromatic rings. The number of ether oxygens (including phenoxy) is 4. The molecule has 1 heterocycles. The fourth-order valence-corrected chi connectivity index (χ4v) is 2.59. The molecule has 0 bridgehead atoms. The molecular formula is C18H16O7. The normalized spacial score (nSPS) is 14.2. The Morgan fingerprint density at radius 2 is 1.68 bits per heavy atom. The number of hydrogen-bond acceptors (Lipinski definition) is 7. The SMILES string of the molecule is COc1cc2c(c(OC)c1OC)C(=O)/C(=C/c1ccc(O)c(O)c1)O2. The summed E-state index contributed by atoms with van der Waals surface area (Å²) in [5, 5.41) is 18.9. The van der Waals surface area contributed by atoms with Crippen molar-refractivity contribution >= 4 is 11.9 Å². The Morgan fingerprint density at radius 1 is 0.960 bits per heavy atom. The van der Waals surface area contributed by atoms with Gasteiger partial charge in [-0.05, 0) is 23.8 Å². The molecule has 7 heteroatoms. The molecular weight excluding hydrogens is 328 g/mol. The molecule has 2 N–H and O–H groups in total. The highest BCUT2D eigenvalue weighted by Gasteiger charge is 2.35. The van der Waals surface area contributed by atoms with E-state index in [9.17, 15) is 15.0 Å². The number of Topliss-reactive ketones (excluding diaryl/α,β-unsaturated/α-hetero) is 1. The van der Waals surface area contributed by atoms with Gasteiger partial charge in [-0.3, -0.25) is 4.79 Å². The number of phenols is 2. The van der Waals surface area contributed by atoms with Crippen LogP contribution in [0.5, 0.6) is 34.5 Å². The zero-order chi connectivity index (χ0) is 18.1. The van der Waals surface area contributed by atoms with Crippen molar-refractivity contribution in [2.75, 3.05) is 21.3 Å². The summed E-state index contributed by atoms with van der Waals surface area (Å²) in [6, 6.07) is 5.73. The lowest BCUT2D eigenvalue weighted by Crippen LogP contribution is -2.02. The predicted octanol–water partition coefficient (Wildman–Crippen LogP) is 2.74. The maximum Gasteiger partial charge on any atom is 0.235 e. The van der Waals surface area contributed by atoms with Gasteiger partial charge in [-0.2, -0.15) is 0 Å². The molecule has 130 valence electrons. The monoisotopic (exact) mass is 344 g/mol. The second kappa shape index (κ2) is 6.27. The number of fused-ring (bicyclic) bond motifs is 1. The van der Waals surface area contributed by atoms with Crippen LogP contribution < -0.4 is 18.9 Å². The number of hydrogen-bond donors (Lipinski definition) is 2. The van der Waals surface area contributed by atoms with Gasteiger partial charge < -0.3 is 29.2 Å². The summed E-state index contributed by atoms with van der Waals surface area (Å²) in [5.41, 5.74) is 0.721. The molecule has 0 amide bonds. The first-order chi connectivity index (χ1) is 12.0. The Labute approximate surface area is 143 Å². The molecule has 25 heavy (non-hydrogen) atoms. The maximum absolute atomic E-state index is 12.7. The van der Waals surface area contributed by atoms with Crippen LogP contribution in [0.3, 0.4) is 0 Å². The number of methoxy groups -OCH3 is 3. The van der Waals surface area contributed by atoms with Gasteiger partial charge >= 0.3 is 0 Å². The summed E-state index contributed by atoms with van der Waals surface area (Å²) in [5.74, 6) is 0.291. The summed E-state index contributed by atoms with van der Waals surface area (Å²) in [7, 11) is 4.34. The van der Waals surface area contributed by atoms with Crippen LogP contribution in [-0.4, -0.2) is 37.3 Å². The van der Waals surface area contributed by atoms with E-state index in [-0.39, 0.29) is 40.1 Å². The van der Waals surface area contributed by atoms with E-state index in [1.807, 2.05) is 0 Å². The summed E-state index contributed by atoms with van der Waals surface area (Å²) >= 11 is 0. The predicted molar refractivity (Wildman–Crippen MR) is 88.8 cm³/mol. The smallest absolute Gasteiger partial charge is 0.235 e. The lowest BCUT2D eigenvalue weighted by Gasteiger charge is -2.13. The first-order valence-electron chi connectivity index (χ1n) is 7.29. The highest BCUT2D eigenvalue weighted by molar-refractivity contribution is 6.17. The van der Waals surface area contributed by atoms with Crippen LogP contribution in [0.4, 0.5) is 0 Å². The number of phenolic OH excluding ortho intramolecular Hbond substituents is 2. The van der Waals surface area contributed by atoms with Crippen molar-refractivity contribution in [1.29, 1.82) is 0 Å². The molecule has 1 aliphatic heterocycles. The van der Waals surface area contributed by atoms with E-state index in [0.29, 0.717) is 17.1 Å². The third-order valence-corrected chi connectivity index (χ3v) is 3.76. The van der Waals surface area contributed by atoms with Gasteiger partial charge in [0.05, 0.1) is 21.3 Å². The summed E-state index contributed by atoms with van der Waals surface area (Å²) in [6.45, 7) is 0. The summed E-state index contributed by atoms with van der Waals surface area (Å²) in [4.78, 5) is 12.7. The first-order valence-corrected chi connectivity index (χ1v) is 7.29. The van der Waals surface area contributed by atoms with Gasteiger partial charge in [0, 0.05) is 6.07 Å². The quantitative estimate of drug-likeness (QED) is 0.650. The topological polar surface area (TPSA) is 94.5 Å². The van der Waals surface area contributed by atoms with Gasteiger partial charge in [-0.1, -0.05) is 6.07 Å². The molecule has 0 saturated heterocycles. The van der Waals surface area contributed by atoms with Crippen molar-refractivity contribution in [3.8, 4) is 34.5 Å². The lowest BCUT2D eigenvalue weighted by molar-refractivity contribution is 0.101. The number of allylic oxidation sites excluding steroid dienone is 1. The van der Waals surface area contributed by atoms with Crippen molar-refractivity contribution in [2.45, 2.75) is 0 Å². The Bertz CT molecular complexity index is 883. The largest absolute Gasteiger partial charge is 0.504 e. The van der Waals surface area contributed by atoms with Gasteiger partial charge in [0.2, 0.25) is 11.5 Å². The lowest BCUT2D eigenvalue weighted by atomic mass is 10.1. The zero-order valence-corrected chi connectivity index (χ0v) is 13.8. The maximum atomic E-state index is 12.7. The van der Waals surface area contributed by atoms with E-state index in [0.717, 1.165) is 0 Å². The van der Waals surface area contributed by atoms with Crippen LogP contribution in [0.2, 0.25) is 0 Å². The molecule has 0 aromatic heterocycles. The summed E-state index contributed by atoms with van der Waals surface area (Å²) < 4.78 is 21.5. The highest BCUT2D eigenvalue weighted by atomic mass is 16.5. The van der Waals surface area contributed by atoms with Gasteiger partial charge in [-0.15, -0.1) is 0 Å². The minimum atomic E-state index is -0.389. The molecule has 0 spiro atoms. The van der Waals surface area contributed by atoms with Crippen molar-refractivity contribution < 1.29 is 34.0 Å². The van der Waals surface area contributed by atoms with Crippen molar-refractivity contribution in [1.82, 2.24) is 0 Å². The van der Waals surface area contributed by atoms with E-state index in [1.165, 1.54) is 39.5 Å². The van der Waals surface area contributed by atoms with E-state index in [4.69, 9.17) is 18.9 Å². The van der Waals surface area contributed by atoms with Gasteiger partial charge in [-0.25, -0.2) is 0 Å². The van der Waals surface area contributed by atoms with Gasteiger partial charge in [0.1, 0.15) is 11.3 Å². The van der Waals surface area contributed by atoms with E-state index < -0.39 is 0 Å². The number of aromatic hydroxyl groups is 2. The number of benzene rings is 2. The van der Waals surface area contributed by atoms with Gasteiger partial charge in [0.25, 0.3) is 0 Å². The fourth-order valence-electron chi connectivity index (χ4n) is 2.59. The highest BCUT2D eigenvalue weighted by Crippen LogP contribution is 2.49. The number of ketones is 1. The Balaban J connectivity index is 2.09. The van der Waals surface area contributed by atoms with Crippen LogP contribution >= 0.6 is 0 Å². The molecule has 1 aliphatic rings. The van der Waals surface area contributed by atoms with Crippen molar-refractivity contribution in [2.24, 2.45) is 0 Å². The second-order valence-electron chi connectivity index (χ2n) is 5.21. The van der Waals surface area contributed by atoms with E-state index in [1.54, 1.807) is 12.1 Å². The molecule has 0 fully saturated rings. The fraction of sp³-hybridized carbons (Fsp3) is 0.167. The summed E-state index contributed by atoms with van der Waals surface area (Å²) in [6.07, 6.45) is 1.46. The molecule has 0 unspecified atom stereocenters. The zero-order valence-electron chi connectivity index (χ0n) is 13.8. The average molecular weight is 344 g/mol. The third kappa shape index (κ3) is 2.69. The van der Waals surface area contributed by atoms with Crippen LogP contribution in [0, 0.1) is 0 Å². The van der Waals surface area contributed by atoms with Gasteiger partial charge in [0.15, 0.2) is 28.8 Å². The van der Waals surface area contributed by atoms with Crippen LogP contribution in [0.25, 0.3) is 6.08 Å². The number of carbonyl (C=O) groups is 1. The number of carbonyl (C=O) groups excluding carboxylic acids is 1. The van der Waals surface area contributed by atoms with Crippen LogP contribution in [0.15, 0.2) is 30.0 Å².